The second-order valence-corrected chi connectivity index (χ2v) is 12.6. The monoisotopic (exact) mass is 553 g/mol. The first-order valence-electron chi connectivity index (χ1n) is 13.7. The molecule has 0 radical (unpaired) electrons. The number of nitrogens with one attached hydrogen (secondary N) is 3. The number of H-pyrrole nitrogens is 1. The first kappa shape index (κ1) is 27.3. The molecule has 1 saturated carbocycles. The molecule has 5 rings (SSSR count). The number of halogens is 1. The lowest BCUT2D eigenvalue weighted by Crippen LogP contribution is -2.49. The van der Waals surface area contributed by atoms with Crippen LogP contribution in [0.3, 0.4) is 0 Å². The van der Waals surface area contributed by atoms with Crippen molar-refractivity contribution < 1.29 is 19.1 Å². The molecule has 3 N–H and O–H groups in total. The van der Waals surface area contributed by atoms with Crippen molar-refractivity contribution in [1.29, 1.82) is 5.26 Å². The van der Waals surface area contributed by atoms with E-state index in [0.717, 1.165) is 37.5 Å². The fourth-order valence-corrected chi connectivity index (χ4v) is 7.08. The van der Waals surface area contributed by atoms with Gasteiger partial charge in [0.05, 0.1) is 23.7 Å². The van der Waals surface area contributed by atoms with Gasteiger partial charge in [0.25, 0.3) is 5.91 Å². The maximum Gasteiger partial charge on any atom is 0.271 e. The molecule has 3 amide bonds. The summed E-state index contributed by atoms with van der Waals surface area (Å²) in [7, 11) is 1.56. The summed E-state index contributed by atoms with van der Waals surface area (Å²) in [6, 6.07) is 5.89. The van der Waals surface area contributed by atoms with E-state index in [1.54, 1.807) is 24.1 Å². The van der Waals surface area contributed by atoms with E-state index < -0.39 is 12.1 Å². The highest BCUT2D eigenvalue weighted by atomic mass is 35.5. The number of aromatic nitrogens is 1. The fraction of sp³-hybridized carbons (Fsp3) is 0.586. The van der Waals surface area contributed by atoms with Crippen LogP contribution < -0.4 is 15.4 Å². The number of hydrogen-bond donors (Lipinski definition) is 3. The molecule has 2 aromatic rings. The third-order valence-electron chi connectivity index (χ3n) is 8.69. The predicted molar refractivity (Wildman–Crippen MR) is 147 cm³/mol. The van der Waals surface area contributed by atoms with Gasteiger partial charge in [-0.25, -0.2) is 0 Å². The summed E-state index contributed by atoms with van der Waals surface area (Å²) in [6.07, 6.45) is 6.65. The van der Waals surface area contributed by atoms with Crippen LogP contribution in [-0.2, 0) is 9.59 Å². The molecule has 3 fully saturated rings. The molecular formula is C29H36ClN5O4. The molecule has 3 heterocycles. The van der Waals surface area contributed by atoms with Crippen LogP contribution in [0.1, 0.15) is 75.7 Å². The zero-order valence-electron chi connectivity index (χ0n) is 22.7. The van der Waals surface area contributed by atoms with Gasteiger partial charge in [-0.15, -0.1) is 0 Å². The number of carbonyl (C=O) groups is 3. The van der Waals surface area contributed by atoms with E-state index in [0.29, 0.717) is 41.4 Å². The van der Waals surface area contributed by atoms with Crippen LogP contribution >= 0.6 is 11.6 Å². The maximum absolute atomic E-state index is 13.9. The minimum absolute atomic E-state index is 0.0950. The van der Waals surface area contributed by atoms with Crippen LogP contribution in [0.15, 0.2) is 18.2 Å². The van der Waals surface area contributed by atoms with Crippen molar-refractivity contribution >= 4 is 40.2 Å². The van der Waals surface area contributed by atoms with E-state index in [2.05, 4.69) is 21.7 Å². The number of amides is 3. The van der Waals surface area contributed by atoms with Gasteiger partial charge in [0.15, 0.2) is 0 Å². The van der Waals surface area contributed by atoms with Gasteiger partial charge in [-0.1, -0.05) is 30.9 Å². The Balaban J connectivity index is 1.38. The number of methoxy groups -OCH3 is 1. The molecule has 2 saturated heterocycles. The van der Waals surface area contributed by atoms with E-state index in [9.17, 15) is 19.6 Å². The molecule has 3 unspecified atom stereocenters. The predicted octanol–water partition coefficient (Wildman–Crippen LogP) is 4.31. The molecule has 3 aliphatic rings. The number of carbonyl (C=O) groups excluding carboxylic acids is 3. The Morgan fingerprint density at radius 1 is 1.23 bits per heavy atom. The van der Waals surface area contributed by atoms with Crippen molar-refractivity contribution in [3.05, 3.63) is 28.9 Å². The lowest BCUT2D eigenvalue weighted by molar-refractivity contribution is -0.126. The van der Waals surface area contributed by atoms with Gasteiger partial charge in [0.1, 0.15) is 23.5 Å². The van der Waals surface area contributed by atoms with E-state index in [4.69, 9.17) is 16.3 Å². The van der Waals surface area contributed by atoms with Crippen LogP contribution in [0, 0.1) is 22.7 Å². The molecule has 2 aliphatic heterocycles. The molecule has 1 aromatic heterocycles. The summed E-state index contributed by atoms with van der Waals surface area (Å²) in [5.74, 6) is -0.460. The van der Waals surface area contributed by atoms with Crippen molar-refractivity contribution in [1.82, 2.24) is 20.5 Å². The molecule has 10 heteroatoms. The number of aromatic amines is 1. The molecule has 0 bridgehead atoms. The number of nitrogens with zero attached hydrogens (tertiary/aromatic N) is 2. The van der Waals surface area contributed by atoms with Gasteiger partial charge in [-0.3, -0.25) is 14.4 Å². The van der Waals surface area contributed by atoms with Crippen molar-refractivity contribution in [2.75, 3.05) is 13.7 Å². The minimum Gasteiger partial charge on any atom is -0.497 e. The lowest BCUT2D eigenvalue weighted by atomic mass is 9.72. The van der Waals surface area contributed by atoms with E-state index >= 15 is 0 Å². The lowest BCUT2D eigenvalue weighted by Gasteiger charge is -2.32. The quantitative estimate of drug-likeness (QED) is 0.491. The smallest absolute Gasteiger partial charge is 0.271 e. The highest BCUT2D eigenvalue weighted by Crippen LogP contribution is 2.47. The summed E-state index contributed by atoms with van der Waals surface area (Å²) in [5.41, 5.74) is 0.545. The second kappa shape index (κ2) is 10.4. The average molecular weight is 554 g/mol. The Morgan fingerprint density at radius 3 is 2.62 bits per heavy atom. The van der Waals surface area contributed by atoms with Gasteiger partial charge in [0, 0.05) is 29.5 Å². The average Bonchev–Trinajstić information content (AvgIpc) is 3.56. The van der Waals surface area contributed by atoms with Crippen molar-refractivity contribution in [3.63, 3.8) is 0 Å². The van der Waals surface area contributed by atoms with Crippen LogP contribution in [0.25, 0.3) is 10.9 Å². The number of nitriles is 1. The number of ether oxygens (including phenoxy) is 1. The van der Waals surface area contributed by atoms with Crippen LogP contribution in [0.5, 0.6) is 5.75 Å². The van der Waals surface area contributed by atoms with E-state index in [1.807, 2.05) is 19.9 Å². The Morgan fingerprint density at radius 2 is 1.97 bits per heavy atom. The largest absolute Gasteiger partial charge is 0.497 e. The van der Waals surface area contributed by atoms with E-state index in [1.165, 1.54) is 0 Å². The summed E-state index contributed by atoms with van der Waals surface area (Å²) < 4.78 is 5.31. The molecule has 39 heavy (non-hydrogen) atoms. The van der Waals surface area contributed by atoms with Gasteiger partial charge in [0.2, 0.25) is 11.8 Å². The number of hydrogen-bond acceptors (Lipinski definition) is 5. The normalized spacial score (nSPS) is 24.4. The highest BCUT2D eigenvalue weighted by molar-refractivity contribution is 6.35. The van der Waals surface area contributed by atoms with Gasteiger partial charge in [-0.05, 0) is 63.5 Å². The first-order chi connectivity index (χ1) is 18.5. The molecule has 3 atom stereocenters. The first-order valence-corrected chi connectivity index (χ1v) is 14.1. The maximum atomic E-state index is 13.9. The van der Waals surface area contributed by atoms with Gasteiger partial charge in [-0.2, -0.15) is 5.26 Å². The second-order valence-electron chi connectivity index (χ2n) is 12.2. The summed E-state index contributed by atoms with van der Waals surface area (Å²) >= 11 is 6.43. The zero-order valence-corrected chi connectivity index (χ0v) is 23.5. The Kier molecular flexibility index (Phi) is 7.27. The number of likely N-dealkylation sites (tertiary alicyclic amines) is 1. The summed E-state index contributed by atoms with van der Waals surface area (Å²) in [4.78, 5) is 44.8. The SMILES string of the molecule is COc1cc(Cl)c2[nH]c(C(=O)N3CC4(CCCCC4)CC3C(=O)NC(C#N)CC3CC(C)(C)NC3=O)cc2c1. The van der Waals surface area contributed by atoms with Gasteiger partial charge >= 0.3 is 0 Å². The van der Waals surface area contributed by atoms with Crippen LogP contribution in [-0.4, -0.2) is 58.9 Å². The Labute approximate surface area is 233 Å². The third-order valence-corrected chi connectivity index (χ3v) is 8.99. The summed E-state index contributed by atoms with van der Waals surface area (Å²) in [5, 5.41) is 16.8. The van der Waals surface area contributed by atoms with E-state index in [-0.39, 0.29) is 41.0 Å². The van der Waals surface area contributed by atoms with Crippen molar-refractivity contribution in [2.24, 2.45) is 11.3 Å². The topological polar surface area (TPSA) is 127 Å². The third kappa shape index (κ3) is 5.44. The number of rotatable bonds is 6. The Hall–Kier alpha value is -3.25. The molecule has 9 nitrogen and oxygen atoms in total. The van der Waals surface area contributed by atoms with Crippen LogP contribution in [0.4, 0.5) is 0 Å². The minimum atomic E-state index is -0.818. The van der Waals surface area contributed by atoms with Crippen molar-refractivity contribution in [2.45, 2.75) is 82.8 Å². The van der Waals surface area contributed by atoms with Crippen LogP contribution in [0.2, 0.25) is 5.02 Å². The molecule has 1 aromatic carbocycles. The number of benzene rings is 1. The summed E-state index contributed by atoms with van der Waals surface area (Å²) in [6.45, 7) is 4.39. The number of fused-ring (bicyclic) bond motifs is 1. The molecule has 208 valence electrons. The highest BCUT2D eigenvalue weighted by Gasteiger charge is 2.49. The molecular weight excluding hydrogens is 518 g/mol. The standard InChI is InChI=1S/C29H36ClN5O4/c1-28(2)13-18(25(36)34-28)9-19(15-31)32-26(37)23-14-29(7-5-4-6-8-29)16-35(23)27(38)22-11-17-10-20(39-3)12-21(30)24(17)33-22/h10-12,18-19,23,33H,4-9,13-14,16H2,1-3H3,(H,32,37)(H,34,36). The molecule has 1 spiro atoms. The Bertz CT molecular complexity index is 1340. The van der Waals surface area contributed by atoms with Crippen molar-refractivity contribution in [3.8, 4) is 11.8 Å². The fourth-order valence-electron chi connectivity index (χ4n) is 6.81. The van der Waals surface area contributed by atoms with Gasteiger partial charge < -0.3 is 25.3 Å². The zero-order chi connectivity index (χ0) is 27.9. The molecule has 1 aliphatic carbocycles.